The Kier molecular flexibility index (Phi) is 4.68. The van der Waals surface area contributed by atoms with Crippen molar-refractivity contribution in [2.75, 3.05) is 5.32 Å². The fourth-order valence-electron chi connectivity index (χ4n) is 1.74. The summed E-state index contributed by atoms with van der Waals surface area (Å²) in [5.41, 5.74) is 1.57. The third-order valence-corrected chi connectivity index (χ3v) is 3.13. The Morgan fingerprint density at radius 3 is 2.68 bits per heavy atom. The molecule has 1 amide bonds. The van der Waals surface area contributed by atoms with Gasteiger partial charge in [-0.25, -0.2) is 4.39 Å². The van der Waals surface area contributed by atoms with Crippen molar-refractivity contribution in [2.24, 2.45) is 0 Å². The Bertz CT molecular complexity index is 586. The first-order valence-corrected chi connectivity index (χ1v) is 6.72. The van der Waals surface area contributed by atoms with Gasteiger partial charge in [-0.2, -0.15) is 0 Å². The normalized spacial score (nSPS) is 10.2. The molecule has 2 aromatic carbocycles. The molecule has 0 aromatic heterocycles. The first-order valence-electron chi connectivity index (χ1n) is 5.93. The molecule has 0 atom stereocenters. The number of halogens is 2. The van der Waals surface area contributed by atoms with Crippen molar-refractivity contribution < 1.29 is 9.18 Å². The van der Waals surface area contributed by atoms with Crippen LogP contribution in [-0.4, -0.2) is 5.91 Å². The summed E-state index contributed by atoms with van der Waals surface area (Å²) in [6.07, 6.45) is 1.02. The van der Waals surface area contributed by atoms with Gasteiger partial charge in [0.1, 0.15) is 5.82 Å². The molecule has 0 heterocycles. The Labute approximate surface area is 119 Å². The van der Waals surface area contributed by atoms with Crippen LogP contribution in [0.5, 0.6) is 0 Å². The molecule has 0 fully saturated rings. The van der Waals surface area contributed by atoms with Gasteiger partial charge in [-0.05, 0) is 42.3 Å². The van der Waals surface area contributed by atoms with Crippen LogP contribution in [0.1, 0.15) is 12.0 Å². The minimum atomic E-state index is -0.357. The lowest BCUT2D eigenvalue weighted by Gasteiger charge is -2.05. The van der Waals surface area contributed by atoms with E-state index in [1.807, 2.05) is 24.3 Å². The molecular weight excluding hydrogens is 309 g/mol. The van der Waals surface area contributed by atoms with Crippen LogP contribution in [0.25, 0.3) is 0 Å². The zero-order valence-electron chi connectivity index (χ0n) is 10.2. The van der Waals surface area contributed by atoms with Gasteiger partial charge >= 0.3 is 0 Å². The highest BCUT2D eigenvalue weighted by Crippen LogP contribution is 2.14. The molecule has 2 nitrogen and oxygen atoms in total. The number of hydrogen-bond donors (Lipinski definition) is 1. The summed E-state index contributed by atoms with van der Waals surface area (Å²) in [4.78, 5) is 11.7. The second-order valence-corrected chi connectivity index (χ2v) is 5.10. The number of aryl methyl sites for hydroxylation is 1. The molecule has 1 N–H and O–H groups in total. The maximum absolute atomic E-state index is 13.0. The van der Waals surface area contributed by atoms with Gasteiger partial charge in [0, 0.05) is 16.6 Å². The van der Waals surface area contributed by atoms with E-state index in [4.69, 9.17) is 0 Å². The van der Waals surface area contributed by atoms with Gasteiger partial charge in [-0.15, -0.1) is 0 Å². The summed E-state index contributed by atoms with van der Waals surface area (Å²) in [6.45, 7) is 0. The van der Waals surface area contributed by atoms with E-state index < -0.39 is 0 Å². The van der Waals surface area contributed by atoms with Gasteiger partial charge in [0.05, 0.1) is 0 Å². The first kappa shape index (κ1) is 13.7. The van der Waals surface area contributed by atoms with E-state index in [-0.39, 0.29) is 11.7 Å². The van der Waals surface area contributed by atoms with Crippen LogP contribution in [0, 0.1) is 5.82 Å². The molecule has 2 aromatic rings. The second kappa shape index (κ2) is 6.48. The van der Waals surface area contributed by atoms with Gasteiger partial charge in [-0.1, -0.05) is 34.1 Å². The van der Waals surface area contributed by atoms with Gasteiger partial charge in [0.25, 0.3) is 0 Å². The molecule has 19 heavy (non-hydrogen) atoms. The van der Waals surface area contributed by atoms with E-state index in [1.54, 1.807) is 12.1 Å². The molecule has 0 saturated heterocycles. The Morgan fingerprint density at radius 1 is 1.16 bits per heavy atom. The number of amides is 1. The van der Waals surface area contributed by atoms with Gasteiger partial charge in [-0.3, -0.25) is 4.79 Å². The maximum atomic E-state index is 13.0. The molecule has 0 saturated carbocycles. The average molecular weight is 322 g/mol. The number of nitrogens with one attached hydrogen (secondary N) is 1. The highest BCUT2D eigenvalue weighted by atomic mass is 79.9. The minimum Gasteiger partial charge on any atom is -0.326 e. The largest absolute Gasteiger partial charge is 0.326 e. The topological polar surface area (TPSA) is 29.1 Å². The van der Waals surface area contributed by atoms with Crippen molar-refractivity contribution in [1.82, 2.24) is 0 Å². The van der Waals surface area contributed by atoms with E-state index in [2.05, 4.69) is 21.2 Å². The van der Waals surface area contributed by atoms with Crippen molar-refractivity contribution >= 4 is 27.5 Å². The van der Waals surface area contributed by atoms with Crippen molar-refractivity contribution in [2.45, 2.75) is 12.8 Å². The van der Waals surface area contributed by atoms with Crippen molar-refractivity contribution in [1.29, 1.82) is 0 Å². The number of hydrogen-bond acceptors (Lipinski definition) is 1. The monoisotopic (exact) mass is 321 g/mol. The van der Waals surface area contributed by atoms with E-state index in [0.717, 1.165) is 10.0 Å². The zero-order valence-corrected chi connectivity index (χ0v) is 11.8. The Hall–Kier alpha value is -1.68. The number of carbonyl (C=O) groups excluding carboxylic acids is 1. The lowest BCUT2D eigenvalue weighted by atomic mass is 10.1. The summed E-state index contributed by atoms with van der Waals surface area (Å²) < 4.78 is 14.0. The van der Waals surface area contributed by atoms with Crippen molar-refractivity contribution in [3.05, 3.63) is 64.4 Å². The molecule has 0 radical (unpaired) electrons. The first-order chi connectivity index (χ1) is 9.13. The minimum absolute atomic E-state index is 0.120. The summed E-state index contributed by atoms with van der Waals surface area (Å²) in [5, 5.41) is 2.68. The van der Waals surface area contributed by atoms with Crippen LogP contribution in [-0.2, 0) is 11.2 Å². The maximum Gasteiger partial charge on any atom is 0.224 e. The molecule has 4 heteroatoms. The predicted octanol–water partition coefficient (Wildman–Crippen LogP) is 4.16. The number of carbonyl (C=O) groups is 1. The molecule has 98 valence electrons. The summed E-state index contributed by atoms with van der Waals surface area (Å²) in [5.74, 6) is -0.477. The average Bonchev–Trinajstić information content (AvgIpc) is 2.36. The molecule has 2 rings (SSSR count). The number of anilines is 1. The van der Waals surface area contributed by atoms with E-state index in [9.17, 15) is 9.18 Å². The fourth-order valence-corrected chi connectivity index (χ4v) is 2.19. The molecule has 0 bridgehead atoms. The molecular formula is C15H13BrFNO. The Balaban J connectivity index is 1.88. The third kappa shape index (κ3) is 4.48. The van der Waals surface area contributed by atoms with E-state index in [0.29, 0.717) is 18.5 Å². The van der Waals surface area contributed by atoms with E-state index >= 15 is 0 Å². The molecule has 0 aliphatic rings. The quantitative estimate of drug-likeness (QED) is 0.900. The van der Waals surface area contributed by atoms with Crippen LogP contribution in [0.2, 0.25) is 0 Å². The lowest BCUT2D eigenvalue weighted by molar-refractivity contribution is -0.116. The van der Waals surface area contributed by atoms with Crippen LogP contribution in [0.15, 0.2) is 53.0 Å². The van der Waals surface area contributed by atoms with E-state index in [1.165, 1.54) is 12.1 Å². The molecule has 0 spiro atoms. The predicted molar refractivity (Wildman–Crippen MR) is 77.5 cm³/mol. The van der Waals surface area contributed by atoms with Crippen molar-refractivity contribution in [3.8, 4) is 0 Å². The smallest absolute Gasteiger partial charge is 0.224 e. The molecule has 0 aliphatic heterocycles. The summed E-state index contributed by atoms with van der Waals surface area (Å²) >= 11 is 3.39. The highest BCUT2D eigenvalue weighted by molar-refractivity contribution is 9.10. The Morgan fingerprint density at radius 2 is 1.95 bits per heavy atom. The molecule has 0 aliphatic carbocycles. The van der Waals surface area contributed by atoms with Crippen LogP contribution in [0.4, 0.5) is 10.1 Å². The van der Waals surface area contributed by atoms with Crippen LogP contribution >= 0.6 is 15.9 Å². The van der Waals surface area contributed by atoms with Gasteiger partial charge in [0.15, 0.2) is 0 Å². The summed E-state index contributed by atoms with van der Waals surface area (Å²) in [7, 11) is 0. The zero-order chi connectivity index (χ0) is 13.7. The standard InChI is InChI=1S/C15H13BrFNO/c16-12-4-1-3-11(9-12)7-8-15(19)18-14-6-2-5-13(17)10-14/h1-6,9-10H,7-8H2,(H,18,19). The lowest BCUT2D eigenvalue weighted by Crippen LogP contribution is -2.12. The summed E-state index contributed by atoms with van der Waals surface area (Å²) in [6, 6.07) is 13.7. The third-order valence-electron chi connectivity index (χ3n) is 2.64. The second-order valence-electron chi connectivity index (χ2n) is 4.19. The van der Waals surface area contributed by atoms with Gasteiger partial charge < -0.3 is 5.32 Å². The highest BCUT2D eigenvalue weighted by Gasteiger charge is 2.04. The number of benzene rings is 2. The van der Waals surface area contributed by atoms with Crippen LogP contribution < -0.4 is 5.32 Å². The SMILES string of the molecule is O=C(CCc1cccc(Br)c1)Nc1cccc(F)c1. The fraction of sp³-hybridized carbons (Fsp3) is 0.133. The van der Waals surface area contributed by atoms with Crippen LogP contribution in [0.3, 0.4) is 0 Å². The number of rotatable bonds is 4. The molecule has 0 unspecified atom stereocenters. The van der Waals surface area contributed by atoms with Gasteiger partial charge in [0.2, 0.25) is 5.91 Å². The van der Waals surface area contributed by atoms with Crippen molar-refractivity contribution in [3.63, 3.8) is 0 Å².